The molecule has 0 spiro atoms. The topological polar surface area (TPSA) is 43.1 Å². The molecule has 0 bridgehead atoms. The highest BCUT2D eigenvalue weighted by molar-refractivity contribution is 5.76. The maximum Gasteiger partial charge on any atom is 0.416 e. The fourth-order valence-corrected chi connectivity index (χ4v) is 1.07. The smallest absolute Gasteiger partial charge is 0.369 e. The lowest BCUT2D eigenvalue weighted by Gasteiger charge is -2.08. The summed E-state index contributed by atoms with van der Waals surface area (Å²) in [5, 5.41) is 0. The minimum atomic E-state index is -4.56. The number of primary amides is 1. The molecule has 0 heterocycles. The van der Waals surface area contributed by atoms with Gasteiger partial charge in [0.1, 0.15) is 5.82 Å². The van der Waals surface area contributed by atoms with Gasteiger partial charge in [0.25, 0.3) is 0 Å². The van der Waals surface area contributed by atoms with E-state index in [1.54, 1.807) is 0 Å². The third-order valence-electron chi connectivity index (χ3n) is 1.74. The molecule has 1 aromatic rings. The lowest BCUT2D eigenvalue weighted by Crippen LogP contribution is -2.15. The van der Waals surface area contributed by atoms with Crippen LogP contribution in [0.3, 0.4) is 0 Å². The molecular weight excluding hydrogens is 214 g/mol. The number of alkyl halides is 3. The molecule has 0 aliphatic carbocycles. The fourth-order valence-electron chi connectivity index (χ4n) is 1.07. The standard InChI is InChI=1S/C9H7F4NO/c10-7-2-1-6(9(11,12)13)3-5(7)4-8(14)15/h1-3H,4H2,(H2,14,15). The molecule has 0 aliphatic heterocycles. The van der Waals surface area contributed by atoms with Gasteiger partial charge in [-0.2, -0.15) is 13.2 Å². The number of hydrogen-bond donors (Lipinski definition) is 1. The molecule has 2 nitrogen and oxygen atoms in total. The zero-order chi connectivity index (χ0) is 11.6. The number of amides is 1. The summed E-state index contributed by atoms with van der Waals surface area (Å²) in [4.78, 5) is 10.5. The van der Waals surface area contributed by atoms with Gasteiger partial charge in [-0.05, 0) is 23.8 Å². The predicted octanol–water partition coefficient (Wildman–Crippen LogP) is 1.87. The average Bonchev–Trinajstić information content (AvgIpc) is 2.06. The van der Waals surface area contributed by atoms with Crippen LogP contribution in [0.25, 0.3) is 0 Å². The molecule has 0 radical (unpaired) electrons. The molecule has 1 aromatic carbocycles. The second-order valence-electron chi connectivity index (χ2n) is 2.95. The molecule has 6 heteroatoms. The summed E-state index contributed by atoms with van der Waals surface area (Å²) in [6, 6.07) is 1.86. The Morgan fingerprint density at radius 3 is 2.40 bits per heavy atom. The molecule has 2 N–H and O–H groups in total. The van der Waals surface area contributed by atoms with Crippen LogP contribution in [0.15, 0.2) is 18.2 Å². The van der Waals surface area contributed by atoms with Crippen molar-refractivity contribution in [3.8, 4) is 0 Å². The van der Waals surface area contributed by atoms with E-state index in [0.29, 0.717) is 18.2 Å². The average molecular weight is 221 g/mol. The summed E-state index contributed by atoms with van der Waals surface area (Å²) in [5.41, 5.74) is 3.42. The third kappa shape index (κ3) is 2.93. The van der Waals surface area contributed by atoms with Crippen molar-refractivity contribution in [1.29, 1.82) is 0 Å². The van der Waals surface area contributed by atoms with Crippen molar-refractivity contribution in [1.82, 2.24) is 0 Å². The van der Waals surface area contributed by atoms with Gasteiger partial charge < -0.3 is 5.73 Å². The van der Waals surface area contributed by atoms with Gasteiger partial charge in [-0.3, -0.25) is 4.79 Å². The van der Waals surface area contributed by atoms with E-state index in [9.17, 15) is 22.4 Å². The quantitative estimate of drug-likeness (QED) is 0.761. The SMILES string of the molecule is NC(=O)Cc1cc(C(F)(F)F)ccc1F. The Balaban J connectivity index is 3.11. The highest BCUT2D eigenvalue weighted by Gasteiger charge is 2.31. The van der Waals surface area contributed by atoms with Crippen molar-refractivity contribution in [3.63, 3.8) is 0 Å². The van der Waals surface area contributed by atoms with E-state index >= 15 is 0 Å². The number of carbonyl (C=O) groups excluding carboxylic acids is 1. The first-order chi connectivity index (χ1) is 6.80. The number of rotatable bonds is 2. The van der Waals surface area contributed by atoms with E-state index < -0.39 is 29.9 Å². The first kappa shape index (κ1) is 11.5. The number of halogens is 4. The first-order valence-corrected chi connectivity index (χ1v) is 3.94. The summed E-state index contributed by atoms with van der Waals surface area (Å²) in [7, 11) is 0. The Labute approximate surface area is 82.7 Å². The molecule has 15 heavy (non-hydrogen) atoms. The van der Waals surface area contributed by atoms with Crippen molar-refractivity contribution < 1.29 is 22.4 Å². The molecule has 0 unspecified atom stereocenters. The van der Waals surface area contributed by atoms with E-state index in [2.05, 4.69) is 0 Å². The van der Waals surface area contributed by atoms with Crippen molar-refractivity contribution in [2.45, 2.75) is 12.6 Å². The van der Waals surface area contributed by atoms with Crippen molar-refractivity contribution in [3.05, 3.63) is 35.1 Å². The van der Waals surface area contributed by atoms with E-state index in [1.165, 1.54) is 0 Å². The molecule has 0 aliphatic rings. The lowest BCUT2D eigenvalue weighted by molar-refractivity contribution is -0.137. The zero-order valence-corrected chi connectivity index (χ0v) is 7.44. The van der Waals surface area contributed by atoms with Crippen LogP contribution in [0, 0.1) is 5.82 Å². The molecule has 0 saturated carbocycles. The minimum absolute atomic E-state index is 0.350. The van der Waals surface area contributed by atoms with Crippen LogP contribution in [0.4, 0.5) is 17.6 Å². The van der Waals surface area contributed by atoms with Crippen LogP contribution in [-0.2, 0) is 17.4 Å². The maximum atomic E-state index is 12.9. The molecule has 0 saturated heterocycles. The summed E-state index contributed by atoms with van der Waals surface area (Å²) in [6.07, 6.45) is -5.10. The van der Waals surface area contributed by atoms with E-state index in [4.69, 9.17) is 5.73 Å². The second-order valence-corrected chi connectivity index (χ2v) is 2.95. The Morgan fingerprint density at radius 2 is 1.93 bits per heavy atom. The molecular formula is C9H7F4NO. The van der Waals surface area contributed by atoms with E-state index in [0.717, 1.165) is 0 Å². The normalized spacial score (nSPS) is 11.5. The first-order valence-electron chi connectivity index (χ1n) is 3.94. The number of hydrogen-bond acceptors (Lipinski definition) is 1. The van der Waals surface area contributed by atoms with Gasteiger partial charge >= 0.3 is 6.18 Å². The molecule has 0 fully saturated rings. The Hall–Kier alpha value is -1.59. The van der Waals surface area contributed by atoms with Crippen molar-refractivity contribution in [2.24, 2.45) is 5.73 Å². The lowest BCUT2D eigenvalue weighted by atomic mass is 10.1. The van der Waals surface area contributed by atoms with Gasteiger partial charge in [0.15, 0.2) is 0 Å². The zero-order valence-electron chi connectivity index (χ0n) is 7.44. The van der Waals surface area contributed by atoms with Gasteiger partial charge in [0, 0.05) is 0 Å². The molecule has 0 atom stereocenters. The van der Waals surface area contributed by atoms with Gasteiger partial charge in [0.05, 0.1) is 12.0 Å². The molecule has 82 valence electrons. The van der Waals surface area contributed by atoms with Crippen molar-refractivity contribution >= 4 is 5.91 Å². The van der Waals surface area contributed by atoms with Gasteiger partial charge in [-0.1, -0.05) is 0 Å². The minimum Gasteiger partial charge on any atom is -0.369 e. The summed E-state index contributed by atoms with van der Waals surface area (Å²) in [5.74, 6) is -1.75. The third-order valence-corrected chi connectivity index (χ3v) is 1.74. The van der Waals surface area contributed by atoms with E-state index in [-0.39, 0.29) is 5.56 Å². The molecule has 1 rings (SSSR count). The van der Waals surface area contributed by atoms with E-state index in [1.807, 2.05) is 0 Å². The van der Waals surface area contributed by atoms with Gasteiger partial charge in [-0.25, -0.2) is 4.39 Å². The number of nitrogens with two attached hydrogens (primary N) is 1. The predicted molar refractivity (Wildman–Crippen MR) is 44.3 cm³/mol. The summed E-state index contributed by atoms with van der Waals surface area (Å²) >= 11 is 0. The number of carbonyl (C=O) groups is 1. The monoisotopic (exact) mass is 221 g/mol. The summed E-state index contributed by atoms with van der Waals surface area (Å²) in [6.45, 7) is 0. The van der Waals surface area contributed by atoms with Crippen LogP contribution in [0.2, 0.25) is 0 Å². The number of benzene rings is 1. The Bertz CT molecular complexity index is 386. The van der Waals surface area contributed by atoms with Gasteiger partial charge in [0.2, 0.25) is 5.91 Å². The largest absolute Gasteiger partial charge is 0.416 e. The van der Waals surface area contributed by atoms with Crippen LogP contribution in [0.1, 0.15) is 11.1 Å². The summed E-state index contributed by atoms with van der Waals surface area (Å²) < 4.78 is 49.5. The highest BCUT2D eigenvalue weighted by Crippen LogP contribution is 2.30. The molecule has 0 aromatic heterocycles. The Morgan fingerprint density at radius 1 is 1.33 bits per heavy atom. The Kier molecular flexibility index (Phi) is 2.97. The highest BCUT2D eigenvalue weighted by atomic mass is 19.4. The van der Waals surface area contributed by atoms with Crippen LogP contribution in [0.5, 0.6) is 0 Å². The van der Waals surface area contributed by atoms with Crippen LogP contribution in [-0.4, -0.2) is 5.91 Å². The van der Waals surface area contributed by atoms with Crippen molar-refractivity contribution in [2.75, 3.05) is 0 Å². The molecule has 1 amide bonds. The fraction of sp³-hybridized carbons (Fsp3) is 0.222. The van der Waals surface area contributed by atoms with Crippen LogP contribution < -0.4 is 5.73 Å². The maximum absolute atomic E-state index is 12.9. The second kappa shape index (κ2) is 3.88. The van der Waals surface area contributed by atoms with Gasteiger partial charge in [-0.15, -0.1) is 0 Å². The van der Waals surface area contributed by atoms with Crippen LogP contribution >= 0.6 is 0 Å².